The van der Waals surface area contributed by atoms with Gasteiger partial charge in [0.05, 0.1) is 18.8 Å². The number of hydrogen-bond donors (Lipinski definition) is 2. The first-order valence-corrected chi connectivity index (χ1v) is 9.77. The molecule has 1 amide bonds. The Morgan fingerprint density at radius 2 is 1.86 bits per heavy atom. The number of benzene rings is 1. The minimum Gasteiger partial charge on any atom is -0.361 e. The fourth-order valence-electron chi connectivity index (χ4n) is 2.74. The van der Waals surface area contributed by atoms with Gasteiger partial charge in [-0.3, -0.25) is 4.79 Å². The highest BCUT2D eigenvalue weighted by molar-refractivity contribution is 14.0. The van der Waals surface area contributed by atoms with Crippen LogP contribution in [-0.4, -0.2) is 49.1 Å². The molecule has 0 aliphatic carbocycles. The van der Waals surface area contributed by atoms with Gasteiger partial charge in [0.15, 0.2) is 5.96 Å². The van der Waals surface area contributed by atoms with Crippen LogP contribution in [0.4, 0.5) is 0 Å². The number of aromatic nitrogens is 1. The maximum Gasteiger partial charge on any atom is 0.241 e. The van der Waals surface area contributed by atoms with Crippen molar-refractivity contribution in [1.82, 2.24) is 20.7 Å². The topological polar surface area (TPSA) is 82.8 Å². The number of guanidine groups is 1. The molecule has 29 heavy (non-hydrogen) atoms. The van der Waals surface area contributed by atoms with Crippen molar-refractivity contribution in [3.8, 4) is 0 Å². The number of nitrogens with zero attached hydrogens (tertiary/aromatic N) is 3. The number of rotatable bonds is 9. The zero-order valence-corrected chi connectivity index (χ0v) is 20.0. The van der Waals surface area contributed by atoms with Crippen molar-refractivity contribution in [2.45, 2.75) is 39.7 Å². The molecule has 0 aliphatic rings. The predicted molar refractivity (Wildman–Crippen MR) is 127 cm³/mol. The van der Waals surface area contributed by atoms with E-state index in [4.69, 9.17) is 4.52 Å². The molecule has 2 rings (SSSR count). The third-order valence-corrected chi connectivity index (χ3v) is 4.46. The molecular formula is C21H32IN5O2. The third-order valence-electron chi connectivity index (χ3n) is 4.46. The third kappa shape index (κ3) is 8.04. The quantitative estimate of drug-likeness (QED) is 0.306. The number of halogens is 1. The molecule has 0 unspecified atom stereocenters. The molecule has 0 radical (unpaired) electrons. The molecule has 0 atom stereocenters. The van der Waals surface area contributed by atoms with Gasteiger partial charge in [-0.2, -0.15) is 0 Å². The number of carbonyl (C=O) groups is 1. The van der Waals surface area contributed by atoms with Gasteiger partial charge in [-0.05, 0) is 18.4 Å². The molecule has 1 heterocycles. The maximum absolute atomic E-state index is 11.9. The van der Waals surface area contributed by atoms with Gasteiger partial charge in [0.1, 0.15) is 5.76 Å². The van der Waals surface area contributed by atoms with E-state index < -0.39 is 0 Å². The van der Waals surface area contributed by atoms with Crippen LogP contribution in [0.5, 0.6) is 0 Å². The molecule has 160 valence electrons. The fourth-order valence-corrected chi connectivity index (χ4v) is 2.74. The number of amides is 1. The van der Waals surface area contributed by atoms with E-state index in [0.29, 0.717) is 12.5 Å². The van der Waals surface area contributed by atoms with Crippen LogP contribution in [0, 0.1) is 0 Å². The van der Waals surface area contributed by atoms with Crippen molar-refractivity contribution >= 4 is 35.8 Å². The first kappa shape index (κ1) is 24.9. The minimum absolute atomic E-state index is 0. The Kier molecular flexibility index (Phi) is 11.3. The largest absolute Gasteiger partial charge is 0.361 e. The molecule has 0 saturated carbocycles. The van der Waals surface area contributed by atoms with Crippen molar-refractivity contribution in [2.75, 3.05) is 27.2 Å². The van der Waals surface area contributed by atoms with E-state index in [-0.39, 0.29) is 36.4 Å². The minimum atomic E-state index is -0.00830. The molecule has 0 saturated heterocycles. The highest BCUT2D eigenvalue weighted by atomic mass is 127. The smallest absolute Gasteiger partial charge is 0.241 e. The van der Waals surface area contributed by atoms with Gasteiger partial charge in [-0.1, -0.05) is 49.3 Å². The standard InChI is InChI=1S/C21H31N5O2.HI/c1-5-18-17(19(6-2)28-25-18)14-23-21(24-15-20(27)26(3)4)22-13-12-16-10-8-7-9-11-16;/h7-11H,5-6,12-15H2,1-4H3,(H2,22,23,24);1H. The van der Waals surface area contributed by atoms with E-state index >= 15 is 0 Å². The van der Waals surface area contributed by atoms with Crippen LogP contribution in [0.25, 0.3) is 0 Å². The first-order valence-electron chi connectivity index (χ1n) is 9.77. The Hall–Kier alpha value is -2.10. The summed E-state index contributed by atoms with van der Waals surface area (Å²) in [6.07, 6.45) is 2.45. The molecule has 1 aromatic heterocycles. The monoisotopic (exact) mass is 513 g/mol. The van der Waals surface area contributed by atoms with E-state index in [1.165, 1.54) is 5.56 Å². The van der Waals surface area contributed by atoms with Crippen LogP contribution in [0.2, 0.25) is 0 Å². The second kappa shape index (κ2) is 13.2. The van der Waals surface area contributed by atoms with E-state index in [1.807, 2.05) is 25.1 Å². The summed E-state index contributed by atoms with van der Waals surface area (Å²) in [5.41, 5.74) is 3.22. The molecular weight excluding hydrogens is 481 g/mol. The first-order chi connectivity index (χ1) is 13.5. The summed E-state index contributed by atoms with van der Waals surface area (Å²) in [6, 6.07) is 10.3. The molecule has 2 aromatic rings. The Morgan fingerprint density at radius 1 is 1.14 bits per heavy atom. The molecule has 8 heteroatoms. The number of nitrogens with one attached hydrogen (secondary N) is 2. The summed E-state index contributed by atoms with van der Waals surface area (Å²) in [5, 5.41) is 10.6. The summed E-state index contributed by atoms with van der Waals surface area (Å²) in [4.78, 5) is 18.2. The zero-order chi connectivity index (χ0) is 20.4. The van der Waals surface area contributed by atoms with Crippen molar-refractivity contribution in [1.29, 1.82) is 0 Å². The Morgan fingerprint density at radius 3 is 2.48 bits per heavy atom. The van der Waals surface area contributed by atoms with Crippen molar-refractivity contribution in [3.05, 3.63) is 52.9 Å². The van der Waals surface area contributed by atoms with Crippen LogP contribution in [0.15, 0.2) is 39.8 Å². The van der Waals surface area contributed by atoms with Gasteiger partial charge in [-0.15, -0.1) is 24.0 Å². The molecule has 0 fully saturated rings. The van der Waals surface area contributed by atoms with E-state index in [0.717, 1.165) is 42.8 Å². The van der Waals surface area contributed by atoms with E-state index in [2.05, 4.69) is 39.8 Å². The average Bonchev–Trinajstić information content (AvgIpc) is 3.12. The van der Waals surface area contributed by atoms with Gasteiger partial charge < -0.3 is 20.1 Å². The number of aliphatic imine (C=N–C) groups is 1. The lowest BCUT2D eigenvalue weighted by Gasteiger charge is -2.15. The molecule has 0 aliphatic heterocycles. The van der Waals surface area contributed by atoms with E-state index in [9.17, 15) is 4.79 Å². The normalized spacial score (nSPS) is 11.0. The zero-order valence-electron chi connectivity index (χ0n) is 17.7. The molecule has 0 spiro atoms. The van der Waals surface area contributed by atoms with Gasteiger partial charge in [0.2, 0.25) is 5.91 Å². The van der Waals surface area contributed by atoms with Crippen molar-refractivity contribution in [3.63, 3.8) is 0 Å². The van der Waals surface area contributed by atoms with Gasteiger partial charge in [-0.25, -0.2) is 4.99 Å². The molecule has 1 aromatic carbocycles. The van der Waals surface area contributed by atoms with Gasteiger partial charge in [0.25, 0.3) is 0 Å². The lowest BCUT2D eigenvalue weighted by molar-refractivity contribution is -0.127. The summed E-state index contributed by atoms with van der Waals surface area (Å²) in [6.45, 7) is 5.47. The number of hydrogen-bond acceptors (Lipinski definition) is 4. The molecule has 2 N–H and O–H groups in total. The summed E-state index contributed by atoms with van der Waals surface area (Å²) < 4.78 is 5.42. The van der Waals surface area contributed by atoms with Crippen LogP contribution >= 0.6 is 24.0 Å². The van der Waals surface area contributed by atoms with Crippen LogP contribution in [0.1, 0.15) is 36.4 Å². The lowest BCUT2D eigenvalue weighted by Crippen LogP contribution is -2.43. The molecule has 7 nitrogen and oxygen atoms in total. The van der Waals surface area contributed by atoms with E-state index in [1.54, 1.807) is 19.0 Å². The summed E-state index contributed by atoms with van der Waals surface area (Å²) in [5.74, 6) is 1.47. The van der Waals surface area contributed by atoms with Gasteiger partial charge in [0, 0.05) is 32.6 Å². The van der Waals surface area contributed by atoms with Crippen molar-refractivity contribution in [2.24, 2.45) is 4.99 Å². The Bertz CT molecular complexity index is 753. The SMILES string of the molecule is CCc1noc(CC)c1CN=C(NCCc1ccccc1)NCC(=O)N(C)C.I. The maximum atomic E-state index is 11.9. The fraction of sp³-hybridized carbons (Fsp3) is 0.476. The molecule has 0 bridgehead atoms. The second-order valence-corrected chi connectivity index (χ2v) is 6.71. The lowest BCUT2D eigenvalue weighted by atomic mass is 10.1. The Labute approximate surface area is 190 Å². The van der Waals surface area contributed by atoms with Crippen LogP contribution < -0.4 is 10.6 Å². The van der Waals surface area contributed by atoms with Gasteiger partial charge >= 0.3 is 0 Å². The number of carbonyl (C=O) groups excluding carboxylic acids is 1. The highest BCUT2D eigenvalue weighted by Gasteiger charge is 2.13. The summed E-state index contributed by atoms with van der Waals surface area (Å²) in [7, 11) is 3.48. The highest BCUT2D eigenvalue weighted by Crippen LogP contribution is 2.16. The average molecular weight is 513 g/mol. The van der Waals surface area contributed by atoms with Crippen LogP contribution in [0.3, 0.4) is 0 Å². The second-order valence-electron chi connectivity index (χ2n) is 6.71. The van der Waals surface area contributed by atoms with Crippen molar-refractivity contribution < 1.29 is 9.32 Å². The predicted octanol–water partition coefficient (Wildman–Crippen LogP) is 2.78. The summed E-state index contributed by atoms with van der Waals surface area (Å²) >= 11 is 0. The Balaban J connectivity index is 0.00000420. The number of likely N-dealkylation sites (N-methyl/N-ethyl adjacent to an activating group) is 1. The van der Waals surface area contributed by atoms with Crippen LogP contribution in [-0.2, 0) is 30.6 Å². The number of aryl methyl sites for hydroxylation is 2.